The summed E-state index contributed by atoms with van der Waals surface area (Å²) >= 11 is 0. The summed E-state index contributed by atoms with van der Waals surface area (Å²) in [5, 5.41) is 10.3. The second-order valence-electron chi connectivity index (χ2n) is 11.8. The standard InChI is InChI=1S/C31H46F2O4/c1-3-5-20-8-16-27(36-18-20)24-13-11-23(12-14-24)22-9-6-21(7-10-22)19-37-28-17-15-25(26(34)4-2)30(35)29(28)31(32)33/h15,17,20-24,27,31,35H,3-14,16,18-19H2,1-2H3. The fourth-order valence-corrected chi connectivity index (χ4v) is 7.20. The van der Waals surface area contributed by atoms with Crippen LogP contribution in [0.25, 0.3) is 0 Å². The molecule has 0 bridgehead atoms. The molecule has 3 aliphatic rings. The third-order valence-electron chi connectivity index (χ3n) is 9.49. The molecule has 1 aliphatic heterocycles. The summed E-state index contributed by atoms with van der Waals surface area (Å²) in [7, 11) is 0. The molecule has 208 valence electrons. The van der Waals surface area contributed by atoms with Crippen molar-refractivity contribution in [3.8, 4) is 11.5 Å². The number of alkyl halides is 2. The Balaban J connectivity index is 1.21. The summed E-state index contributed by atoms with van der Waals surface area (Å²) in [4.78, 5) is 12.0. The van der Waals surface area contributed by atoms with Crippen molar-refractivity contribution in [2.75, 3.05) is 13.2 Å². The van der Waals surface area contributed by atoms with Gasteiger partial charge in [-0.1, -0.05) is 20.3 Å². The Hall–Kier alpha value is -1.69. The van der Waals surface area contributed by atoms with E-state index in [4.69, 9.17) is 9.47 Å². The Bertz CT molecular complexity index is 864. The number of hydrogen-bond acceptors (Lipinski definition) is 4. The van der Waals surface area contributed by atoms with E-state index in [-0.39, 0.29) is 23.5 Å². The smallest absolute Gasteiger partial charge is 0.271 e. The number of carbonyl (C=O) groups excluding carboxylic acids is 1. The zero-order valence-electron chi connectivity index (χ0n) is 22.7. The normalized spacial score (nSPS) is 30.8. The average Bonchev–Trinajstić information content (AvgIpc) is 2.92. The summed E-state index contributed by atoms with van der Waals surface area (Å²) in [5.74, 6) is 2.41. The highest BCUT2D eigenvalue weighted by Gasteiger charge is 2.35. The lowest BCUT2D eigenvalue weighted by Gasteiger charge is -2.41. The van der Waals surface area contributed by atoms with Gasteiger partial charge in [0, 0.05) is 13.0 Å². The first-order valence-corrected chi connectivity index (χ1v) is 14.8. The second-order valence-corrected chi connectivity index (χ2v) is 11.8. The molecule has 1 saturated heterocycles. The molecule has 1 heterocycles. The summed E-state index contributed by atoms with van der Waals surface area (Å²) in [6.07, 6.45) is 12.6. The molecule has 1 aromatic carbocycles. The lowest BCUT2D eigenvalue weighted by Crippen LogP contribution is -2.35. The van der Waals surface area contributed by atoms with Crippen LogP contribution in [0.5, 0.6) is 11.5 Å². The monoisotopic (exact) mass is 520 g/mol. The first kappa shape index (κ1) is 28.3. The number of hydrogen-bond donors (Lipinski definition) is 1. The van der Waals surface area contributed by atoms with Crippen LogP contribution in [0.15, 0.2) is 12.1 Å². The number of Topliss-reactive ketones (excluding diaryl/α,β-unsaturated/α-hetero) is 1. The fraction of sp³-hybridized carbons (Fsp3) is 0.774. The predicted octanol–water partition coefficient (Wildman–Crippen LogP) is 8.51. The van der Waals surface area contributed by atoms with Crippen LogP contribution in [0.2, 0.25) is 0 Å². The highest BCUT2D eigenvalue weighted by Crippen LogP contribution is 2.44. The minimum atomic E-state index is -2.90. The van der Waals surface area contributed by atoms with Gasteiger partial charge in [-0.3, -0.25) is 4.79 Å². The van der Waals surface area contributed by atoms with Crippen molar-refractivity contribution in [1.82, 2.24) is 0 Å². The van der Waals surface area contributed by atoms with Crippen LogP contribution in [0.4, 0.5) is 8.78 Å². The lowest BCUT2D eigenvalue weighted by atomic mass is 9.68. The largest absolute Gasteiger partial charge is 0.507 e. The van der Waals surface area contributed by atoms with Crippen LogP contribution in [0.1, 0.15) is 120 Å². The van der Waals surface area contributed by atoms with Crippen molar-refractivity contribution in [2.45, 2.75) is 110 Å². The number of aromatic hydroxyl groups is 1. The van der Waals surface area contributed by atoms with E-state index in [1.807, 2.05) is 0 Å². The third kappa shape index (κ3) is 7.04. The maximum atomic E-state index is 13.7. The van der Waals surface area contributed by atoms with E-state index in [0.717, 1.165) is 43.1 Å². The van der Waals surface area contributed by atoms with E-state index in [2.05, 4.69) is 6.92 Å². The Morgan fingerprint density at radius 2 is 1.57 bits per heavy atom. The first-order valence-electron chi connectivity index (χ1n) is 14.8. The van der Waals surface area contributed by atoms with Crippen molar-refractivity contribution in [1.29, 1.82) is 0 Å². The Morgan fingerprint density at radius 1 is 0.946 bits per heavy atom. The molecule has 2 atom stereocenters. The van der Waals surface area contributed by atoms with Crippen molar-refractivity contribution in [3.63, 3.8) is 0 Å². The van der Waals surface area contributed by atoms with E-state index in [0.29, 0.717) is 18.6 Å². The van der Waals surface area contributed by atoms with Crippen LogP contribution in [-0.2, 0) is 4.74 Å². The van der Waals surface area contributed by atoms with E-state index in [1.165, 1.54) is 76.3 Å². The van der Waals surface area contributed by atoms with Gasteiger partial charge in [0.1, 0.15) is 17.1 Å². The molecule has 2 aliphatic carbocycles. The molecule has 0 aromatic heterocycles. The number of ether oxygens (including phenoxy) is 2. The molecule has 37 heavy (non-hydrogen) atoms. The van der Waals surface area contributed by atoms with E-state index in [9.17, 15) is 18.7 Å². The molecule has 4 rings (SSSR count). The van der Waals surface area contributed by atoms with E-state index >= 15 is 0 Å². The van der Waals surface area contributed by atoms with Crippen molar-refractivity contribution < 1.29 is 28.2 Å². The lowest BCUT2D eigenvalue weighted by molar-refractivity contribution is -0.0619. The van der Waals surface area contributed by atoms with Gasteiger partial charge in [-0.15, -0.1) is 0 Å². The molecular weight excluding hydrogens is 474 g/mol. The molecule has 6 heteroatoms. The van der Waals surface area contributed by atoms with Gasteiger partial charge in [0.05, 0.1) is 18.3 Å². The number of ketones is 1. The number of phenols is 1. The summed E-state index contributed by atoms with van der Waals surface area (Å²) < 4.78 is 39.5. The SMILES string of the molecule is CCCC1CCC(C2CCC(C3CCC(COc4ccc(C(=O)CC)c(O)c4C(F)F)CC3)CC2)OC1. The van der Waals surface area contributed by atoms with Gasteiger partial charge < -0.3 is 14.6 Å². The summed E-state index contributed by atoms with van der Waals surface area (Å²) in [6, 6.07) is 2.81. The van der Waals surface area contributed by atoms with Crippen molar-refractivity contribution in [3.05, 3.63) is 23.3 Å². The van der Waals surface area contributed by atoms with Gasteiger partial charge in [-0.25, -0.2) is 8.78 Å². The van der Waals surface area contributed by atoms with Crippen LogP contribution in [-0.4, -0.2) is 30.2 Å². The Kier molecular flexibility index (Phi) is 10.3. The number of halogens is 2. The number of phenolic OH excluding ortho intramolecular Hbond substituents is 1. The molecule has 1 aromatic rings. The predicted molar refractivity (Wildman–Crippen MR) is 141 cm³/mol. The first-order chi connectivity index (χ1) is 17.9. The minimum Gasteiger partial charge on any atom is -0.507 e. The van der Waals surface area contributed by atoms with Crippen LogP contribution in [0.3, 0.4) is 0 Å². The molecule has 0 amide bonds. The van der Waals surface area contributed by atoms with Gasteiger partial charge in [-0.2, -0.15) is 0 Å². The maximum absolute atomic E-state index is 13.7. The van der Waals surface area contributed by atoms with E-state index in [1.54, 1.807) is 6.92 Å². The molecule has 3 fully saturated rings. The van der Waals surface area contributed by atoms with Gasteiger partial charge in [0.25, 0.3) is 6.43 Å². The average molecular weight is 521 g/mol. The molecule has 2 saturated carbocycles. The number of rotatable bonds is 10. The van der Waals surface area contributed by atoms with Crippen LogP contribution < -0.4 is 4.74 Å². The molecule has 1 N–H and O–H groups in total. The quantitative estimate of drug-likeness (QED) is 0.314. The van der Waals surface area contributed by atoms with Crippen LogP contribution >= 0.6 is 0 Å². The zero-order valence-corrected chi connectivity index (χ0v) is 22.7. The Labute approximate surface area is 221 Å². The molecule has 4 nitrogen and oxygen atoms in total. The summed E-state index contributed by atoms with van der Waals surface area (Å²) in [5.41, 5.74) is -0.622. The zero-order chi connectivity index (χ0) is 26.4. The van der Waals surface area contributed by atoms with Gasteiger partial charge in [0.15, 0.2) is 5.78 Å². The van der Waals surface area contributed by atoms with Gasteiger partial charge in [0.2, 0.25) is 0 Å². The molecular formula is C31H46F2O4. The maximum Gasteiger partial charge on any atom is 0.271 e. The molecule has 2 unspecified atom stereocenters. The fourth-order valence-electron chi connectivity index (χ4n) is 7.20. The third-order valence-corrected chi connectivity index (χ3v) is 9.49. The topological polar surface area (TPSA) is 55.8 Å². The van der Waals surface area contributed by atoms with Gasteiger partial charge >= 0.3 is 0 Å². The van der Waals surface area contributed by atoms with Crippen molar-refractivity contribution in [2.24, 2.45) is 29.6 Å². The van der Waals surface area contributed by atoms with Gasteiger partial charge in [-0.05, 0) is 112 Å². The molecule has 0 radical (unpaired) electrons. The van der Waals surface area contributed by atoms with E-state index < -0.39 is 17.7 Å². The van der Waals surface area contributed by atoms with Crippen molar-refractivity contribution >= 4 is 5.78 Å². The number of carbonyl (C=O) groups is 1. The minimum absolute atomic E-state index is 0.00783. The highest BCUT2D eigenvalue weighted by molar-refractivity contribution is 5.99. The highest BCUT2D eigenvalue weighted by atomic mass is 19.3. The Morgan fingerprint density at radius 3 is 2.14 bits per heavy atom. The second kappa shape index (κ2) is 13.4. The van der Waals surface area contributed by atoms with Crippen LogP contribution in [0, 0.1) is 29.6 Å². The summed E-state index contributed by atoms with van der Waals surface area (Å²) in [6.45, 7) is 5.24. The number of benzene rings is 1. The molecule has 0 spiro atoms.